The minimum atomic E-state index is -0.272. The summed E-state index contributed by atoms with van der Waals surface area (Å²) in [6, 6.07) is 16.9. The van der Waals surface area contributed by atoms with Crippen molar-refractivity contribution in [2.45, 2.75) is 26.9 Å². The van der Waals surface area contributed by atoms with Gasteiger partial charge in [-0.2, -0.15) is 5.10 Å². The van der Waals surface area contributed by atoms with Crippen LogP contribution in [0.25, 0.3) is 22.2 Å². The first kappa shape index (κ1) is 22.2. The molecular formula is C27H28FN5O. The lowest BCUT2D eigenvalue weighted by Gasteiger charge is -2.34. The Hall–Kier alpha value is -3.58. The van der Waals surface area contributed by atoms with E-state index in [0.29, 0.717) is 18.7 Å². The molecule has 1 amide bonds. The first-order chi connectivity index (χ1) is 16.5. The van der Waals surface area contributed by atoms with Crippen molar-refractivity contribution in [2.24, 2.45) is 0 Å². The van der Waals surface area contributed by atoms with Crippen molar-refractivity contribution in [2.75, 3.05) is 26.2 Å². The molecule has 6 nitrogen and oxygen atoms in total. The molecule has 0 N–H and O–H groups in total. The molecule has 1 aliphatic rings. The average Bonchev–Trinajstić information content (AvgIpc) is 3.17. The molecule has 2 aromatic heterocycles. The van der Waals surface area contributed by atoms with E-state index < -0.39 is 0 Å². The van der Waals surface area contributed by atoms with Crippen LogP contribution in [0.5, 0.6) is 0 Å². The van der Waals surface area contributed by atoms with Crippen molar-refractivity contribution in [1.29, 1.82) is 0 Å². The highest BCUT2D eigenvalue weighted by Crippen LogP contribution is 2.30. The normalized spacial score (nSPS) is 14.6. The van der Waals surface area contributed by atoms with Gasteiger partial charge in [0.05, 0.1) is 5.69 Å². The molecule has 174 valence electrons. The molecule has 0 saturated carbocycles. The zero-order valence-electron chi connectivity index (χ0n) is 19.5. The molecule has 2 aromatic carbocycles. The van der Waals surface area contributed by atoms with Gasteiger partial charge in [0.15, 0.2) is 5.65 Å². The van der Waals surface area contributed by atoms with Crippen molar-refractivity contribution in [1.82, 2.24) is 24.6 Å². The average molecular weight is 458 g/mol. The highest BCUT2D eigenvalue weighted by molar-refractivity contribution is 5.95. The third-order valence-corrected chi connectivity index (χ3v) is 6.50. The van der Waals surface area contributed by atoms with Gasteiger partial charge in [-0.25, -0.2) is 14.1 Å². The monoisotopic (exact) mass is 457 g/mol. The Morgan fingerprint density at radius 2 is 1.65 bits per heavy atom. The van der Waals surface area contributed by atoms with Crippen LogP contribution in [-0.2, 0) is 17.9 Å². The SMILES string of the molecule is Cc1ccc(CN2CCN(C(=O)Cn3nc(C)c4c(-c5ccc(F)cc5)ccnc43)CC2)cc1. The van der Waals surface area contributed by atoms with Gasteiger partial charge in [-0.3, -0.25) is 9.69 Å². The van der Waals surface area contributed by atoms with Crippen LogP contribution < -0.4 is 0 Å². The Bertz CT molecular complexity index is 1310. The van der Waals surface area contributed by atoms with Crippen molar-refractivity contribution >= 4 is 16.9 Å². The molecule has 0 radical (unpaired) electrons. The summed E-state index contributed by atoms with van der Waals surface area (Å²) in [5, 5.41) is 5.52. The molecule has 5 rings (SSSR count). The molecule has 0 unspecified atom stereocenters. The molecule has 1 saturated heterocycles. The van der Waals surface area contributed by atoms with E-state index in [2.05, 4.69) is 46.2 Å². The fraction of sp³-hybridized carbons (Fsp3) is 0.296. The molecule has 3 heterocycles. The number of aromatic nitrogens is 3. The molecule has 34 heavy (non-hydrogen) atoms. The van der Waals surface area contributed by atoms with E-state index in [1.807, 2.05) is 17.9 Å². The van der Waals surface area contributed by atoms with Gasteiger partial charge in [0.2, 0.25) is 5.91 Å². The first-order valence-corrected chi connectivity index (χ1v) is 11.6. The number of benzene rings is 2. The van der Waals surface area contributed by atoms with Crippen LogP contribution >= 0.6 is 0 Å². The Kier molecular flexibility index (Phi) is 6.11. The number of amides is 1. The van der Waals surface area contributed by atoms with Crippen LogP contribution in [0.2, 0.25) is 0 Å². The highest BCUT2D eigenvalue weighted by Gasteiger charge is 2.23. The fourth-order valence-electron chi connectivity index (χ4n) is 4.60. The van der Waals surface area contributed by atoms with Gasteiger partial charge in [-0.05, 0) is 48.7 Å². The van der Waals surface area contributed by atoms with E-state index in [0.717, 1.165) is 41.8 Å². The van der Waals surface area contributed by atoms with E-state index in [9.17, 15) is 9.18 Å². The molecule has 7 heteroatoms. The maximum atomic E-state index is 13.4. The third-order valence-electron chi connectivity index (χ3n) is 6.50. The second-order valence-corrected chi connectivity index (χ2v) is 8.95. The molecule has 0 bridgehead atoms. The molecule has 1 fully saturated rings. The maximum absolute atomic E-state index is 13.4. The summed E-state index contributed by atoms with van der Waals surface area (Å²) >= 11 is 0. The van der Waals surface area contributed by atoms with Crippen LogP contribution in [0.1, 0.15) is 16.8 Å². The number of fused-ring (bicyclic) bond motifs is 1. The quantitative estimate of drug-likeness (QED) is 0.451. The Morgan fingerprint density at radius 1 is 0.941 bits per heavy atom. The van der Waals surface area contributed by atoms with Crippen molar-refractivity contribution in [3.63, 3.8) is 0 Å². The Labute approximate surface area is 198 Å². The van der Waals surface area contributed by atoms with Crippen molar-refractivity contribution in [3.05, 3.63) is 83.4 Å². The number of halogens is 1. The zero-order chi connectivity index (χ0) is 23.7. The summed E-state index contributed by atoms with van der Waals surface area (Å²) in [6.45, 7) is 8.19. The predicted octanol–water partition coefficient (Wildman–Crippen LogP) is 4.20. The summed E-state index contributed by atoms with van der Waals surface area (Å²) < 4.78 is 15.1. The molecule has 0 aliphatic carbocycles. The molecule has 4 aromatic rings. The van der Waals surface area contributed by atoms with Crippen LogP contribution in [-0.4, -0.2) is 56.7 Å². The van der Waals surface area contributed by atoms with E-state index in [-0.39, 0.29) is 18.3 Å². The molecular weight excluding hydrogens is 429 g/mol. The number of hydrogen-bond donors (Lipinski definition) is 0. The van der Waals surface area contributed by atoms with Crippen molar-refractivity contribution < 1.29 is 9.18 Å². The predicted molar refractivity (Wildman–Crippen MR) is 131 cm³/mol. The smallest absolute Gasteiger partial charge is 0.244 e. The topological polar surface area (TPSA) is 54.3 Å². The largest absolute Gasteiger partial charge is 0.339 e. The van der Waals surface area contributed by atoms with Crippen LogP contribution in [0.15, 0.2) is 60.8 Å². The Balaban J connectivity index is 1.27. The molecule has 0 spiro atoms. The summed E-state index contributed by atoms with van der Waals surface area (Å²) in [5.74, 6) is -0.223. The van der Waals surface area contributed by atoms with E-state index in [1.54, 1.807) is 23.0 Å². The first-order valence-electron chi connectivity index (χ1n) is 11.6. The highest BCUT2D eigenvalue weighted by atomic mass is 19.1. The number of hydrogen-bond acceptors (Lipinski definition) is 4. The maximum Gasteiger partial charge on any atom is 0.244 e. The number of carbonyl (C=O) groups excluding carboxylic acids is 1. The number of carbonyl (C=O) groups is 1. The zero-order valence-corrected chi connectivity index (χ0v) is 19.5. The van der Waals surface area contributed by atoms with E-state index >= 15 is 0 Å². The van der Waals surface area contributed by atoms with Gasteiger partial charge in [-0.1, -0.05) is 42.0 Å². The number of nitrogens with zero attached hydrogens (tertiary/aromatic N) is 5. The lowest BCUT2D eigenvalue weighted by atomic mass is 10.0. The van der Waals surface area contributed by atoms with E-state index in [1.165, 1.54) is 23.3 Å². The second kappa shape index (κ2) is 9.35. The van der Waals surface area contributed by atoms with Crippen LogP contribution in [0, 0.1) is 19.7 Å². The molecule has 0 atom stereocenters. The fourth-order valence-corrected chi connectivity index (χ4v) is 4.60. The molecule has 1 aliphatic heterocycles. The number of rotatable bonds is 5. The number of pyridine rings is 1. The minimum absolute atomic E-state index is 0.0494. The minimum Gasteiger partial charge on any atom is -0.339 e. The van der Waals surface area contributed by atoms with E-state index in [4.69, 9.17) is 0 Å². The summed E-state index contributed by atoms with van der Waals surface area (Å²) in [5.41, 5.74) is 5.87. The van der Waals surface area contributed by atoms with Gasteiger partial charge in [-0.15, -0.1) is 0 Å². The van der Waals surface area contributed by atoms with Gasteiger partial charge < -0.3 is 4.90 Å². The number of piperazine rings is 1. The van der Waals surface area contributed by atoms with Crippen LogP contribution in [0.3, 0.4) is 0 Å². The lowest BCUT2D eigenvalue weighted by Crippen LogP contribution is -2.49. The van der Waals surface area contributed by atoms with Gasteiger partial charge in [0.25, 0.3) is 0 Å². The standard InChI is InChI=1S/C27H28FN5O/c1-19-3-5-21(6-4-19)17-31-13-15-32(16-14-31)25(34)18-33-27-26(20(2)30-33)24(11-12-29-27)22-7-9-23(28)10-8-22/h3-12H,13-18H2,1-2H3. The van der Waals surface area contributed by atoms with Gasteiger partial charge >= 0.3 is 0 Å². The summed E-state index contributed by atoms with van der Waals surface area (Å²) in [4.78, 5) is 21.9. The van der Waals surface area contributed by atoms with Gasteiger partial charge in [0.1, 0.15) is 12.4 Å². The van der Waals surface area contributed by atoms with Crippen LogP contribution in [0.4, 0.5) is 4.39 Å². The lowest BCUT2D eigenvalue weighted by molar-refractivity contribution is -0.133. The number of aryl methyl sites for hydroxylation is 2. The third kappa shape index (κ3) is 4.56. The summed E-state index contributed by atoms with van der Waals surface area (Å²) in [7, 11) is 0. The summed E-state index contributed by atoms with van der Waals surface area (Å²) in [6.07, 6.45) is 1.72. The van der Waals surface area contributed by atoms with Gasteiger partial charge in [0, 0.05) is 44.3 Å². The second-order valence-electron chi connectivity index (χ2n) is 8.95. The van der Waals surface area contributed by atoms with Crippen molar-refractivity contribution in [3.8, 4) is 11.1 Å². The Morgan fingerprint density at radius 3 is 2.35 bits per heavy atom.